The third-order valence-corrected chi connectivity index (χ3v) is 5.28. The molecule has 0 unspecified atom stereocenters. The predicted molar refractivity (Wildman–Crippen MR) is 101 cm³/mol. The Morgan fingerprint density at radius 2 is 1.96 bits per heavy atom. The van der Waals surface area contributed by atoms with Crippen molar-refractivity contribution in [1.29, 1.82) is 0 Å². The summed E-state index contributed by atoms with van der Waals surface area (Å²) in [5.74, 6) is -0.0220. The molecule has 0 radical (unpaired) electrons. The zero-order valence-corrected chi connectivity index (χ0v) is 15.7. The van der Waals surface area contributed by atoms with Gasteiger partial charge in [0.15, 0.2) is 6.61 Å². The summed E-state index contributed by atoms with van der Waals surface area (Å²) in [6.07, 6.45) is 0. The number of rotatable bonds is 7. The molecule has 26 heavy (non-hydrogen) atoms. The summed E-state index contributed by atoms with van der Waals surface area (Å²) in [6, 6.07) is 7.95. The maximum atomic E-state index is 12.9. The van der Waals surface area contributed by atoms with E-state index in [4.69, 9.17) is 4.74 Å². The SMILES string of the molecule is CN1CCN([C@@H](CNC(=O)COc2ccc(F)cc2)c2ccsc2)CC1. The second-order valence-corrected chi connectivity index (χ2v) is 7.24. The van der Waals surface area contributed by atoms with Crippen molar-refractivity contribution in [3.05, 3.63) is 52.5 Å². The highest BCUT2D eigenvalue weighted by Gasteiger charge is 2.24. The van der Waals surface area contributed by atoms with Crippen molar-refractivity contribution in [3.8, 4) is 5.75 Å². The number of thiophene rings is 1. The van der Waals surface area contributed by atoms with Crippen LogP contribution in [-0.2, 0) is 4.79 Å². The summed E-state index contributed by atoms with van der Waals surface area (Å²) in [4.78, 5) is 16.9. The molecule has 5 nitrogen and oxygen atoms in total. The van der Waals surface area contributed by atoms with Crippen molar-refractivity contribution >= 4 is 17.2 Å². The number of nitrogens with one attached hydrogen (secondary N) is 1. The second-order valence-electron chi connectivity index (χ2n) is 6.46. The molecule has 1 atom stereocenters. The van der Waals surface area contributed by atoms with Gasteiger partial charge in [0.05, 0.1) is 6.04 Å². The lowest BCUT2D eigenvalue weighted by molar-refractivity contribution is -0.123. The molecule has 0 aliphatic carbocycles. The number of nitrogens with zero attached hydrogens (tertiary/aromatic N) is 2. The van der Waals surface area contributed by atoms with Crippen LogP contribution in [0.2, 0.25) is 0 Å². The lowest BCUT2D eigenvalue weighted by Crippen LogP contribution is -2.48. The molecule has 1 N–H and O–H groups in total. The minimum atomic E-state index is -0.326. The van der Waals surface area contributed by atoms with Gasteiger partial charge in [0.25, 0.3) is 5.91 Å². The molecule has 1 aromatic carbocycles. The molecular weight excluding hydrogens is 353 g/mol. The number of likely N-dealkylation sites (N-methyl/N-ethyl adjacent to an activating group) is 1. The molecular formula is C19H24FN3O2S. The molecule has 140 valence electrons. The van der Waals surface area contributed by atoms with Gasteiger partial charge in [0.2, 0.25) is 0 Å². The minimum Gasteiger partial charge on any atom is -0.484 e. The summed E-state index contributed by atoms with van der Waals surface area (Å²) in [6.45, 7) is 4.50. The van der Waals surface area contributed by atoms with Gasteiger partial charge in [0.1, 0.15) is 11.6 Å². The number of hydrogen-bond donors (Lipinski definition) is 1. The zero-order valence-electron chi connectivity index (χ0n) is 14.9. The number of halogens is 1. The Morgan fingerprint density at radius 1 is 1.23 bits per heavy atom. The van der Waals surface area contributed by atoms with E-state index in [1.807, 2.05) is 0 Å². The topological polar surface area (TPSA) is 44.8 Å². The van der Waals surface area contributed by atoms with Crippen LogP contribution in [0, 0.1) is 5.82 Å². The maximum absolute atomic E-state index is 12.9. The molecule has 2 aromatic rings. The zero-order chi connectivity index (χ0) is 18.4. The van der Waals surface area contributed by atoms with Gasteiger partial charge in [0, 0.05) is 32.7 Å². The van der Waals surface area contributed by atoms with E-state index in [0.717, 1.165) is 26.2 Å². The van der Waals surface area contributed by atoms with E-state index in [1.165, 1.54) is 29.8 Å². The van der Waals surface area contributed by atoms with Gasteiger partial charge in [-0.2, -0.15) is 11.3 Å². The van der Waals surface area contributed by atoms with Crippen molar-refractivity contribution in [1.82, 2.24) is 15.1 Å². The largest absolute Gasteiger partial charge is 0.484 e. The Labute approximate surface area is 157 Å². The Bertz CT molecular complexity index is 685. The monoisotopic (exact) mass is 377 g/mol. The van der Waals surface area contributed by atoms with Gasteiger partial charge in [-0.05, 0) is 53.7 Å². The Morgan fingerprint density at radius 3 is 2.62 bits per heavy atom. The maximum Gasteiger partial charge on any atom is 0.258 e. The molecule has 1 fully saturated rings. The summed E-state index contributed by atoms with van der Waals surface area (Å²) >= 11 is 1.67. The van der Waals surface area contributed by atoms with Crippen LogP contribution in [0.1, 0.15) is 11.6 Å². The van der Waals surface area contributed by atoms with E-state index in [1.54, 1.807) is 11.3 Å². The van der Waals surface area contributed by atoms with E-state index < -0.39 is 0 Å². The first-order valence-electron chi connectivity index (χ1n) is 8.71. The quantitative estimate of drug-likeness (QED) is 0.805. The van der Waals surface area contributed by atoms with Gasteiger partial charge in [-0.15, -0.1) is 0 Å². The van der Waals surface area contributed by atoms with E-state index in [-0.39, 0.29) is 24.4 Å². The summed E-state index contributed by atoms with van der Waals surface area (Å²) < 4.78 is 18.3. The van der Waals surface area contributed by atoms with E-state index in [0.29, 0.717) is 12.3 Å². The molecule has 1 amide bonds. The van der Waals surface area contributed by atoms with Crippen LogP contribution in [0.5, 0.6) is 5.75 Å². The molecule has 1 aromatic heterocycles. The van der Waals surface area contributed by atoms with Crippen molar-refractivity contribution in [2.75, 3.05) is 46.4 Å². The summed E-state index contributed by atoms with van der Waals surface area (Å²) in [5.41, 5.74) is 1.24. The van der Waals surface area contributed by atoms with Crippen molar-refractivity contribution in [2.45, 2.75) is 6.04 Å². The van der Waals surface area contributed by atoms with Crippen LogP contribution in [0.25, 0.3) is 0 Å². The van der Waals surface area contributed by atoms with Crippen LogP contribution < -0.4 is 10.1 Å². The lowest BCUT2D eigenvalue weighted by atomic mass is 10.1. The van der Waals surface area contributed by atoms with E-state index in [9.17, 15) is 9.18 Å². The summed E-state index contributed by atoms with van der Waals surface area (Å²) in [5, 5.41) is 7.18. The highest BCUT2D eigenvalue weighted by molar-refractivity contribution is 7.07. The van der Waals surface area contributed by atoms with Gasteiger partial charge >= 0.3 is 0 Å². The lowest BCUT2D eigenvalue weighted by Gasteiger charge is -2.38. The van der Waals surface area contributed by atoms with Crippen LogP contribution >= 0.6 is 11.3 Å². The first kappa shape index (κ1) is 18.8. The van der Waals surface area contributed by atoms with Crippen molar-refractivity contribution in [3.63, 3.8) is 0 Å². The molecule has 1 saturated heterocycles. The number of ether oxygens (including phenoxy) is 1. The first-order chi connectivity index (χ1) is 12.6. The first-order valence-corrected chi connectivity index (χ1v) is 9.66. The van der Waals surface area contributed by atoms with Crippen molar-refractivity contribution < 1.29 is 13.9 Å². The van der Waals surface area contributed by atoms with Crippen molar-refractivity contribution in [2.24, 2.45) is 0 Å². The van der Waals surface area contributed by atoms with Gasteiger partial charge < -0.3 is 15.0 Å². The second kappa shape index (κ2) is 9.12. The molecule has 3 rings (SSSR count). The number of amides is 1. The van der Waals surface area contributed by atoms with Crippen LogP contribution in [0.15, 0.2) is 41.1 Å². The highest BCUT2D eigenvalue weighted by atomic mass is 32.1. The Kier molecular flexibility index (Phi) is 6.60. The predicted octanol–water partition coefficient (Wildman–Crippen LogP) is 2.37. The molecule has 0 saturated carbocycles. The number of hydrogen-bond acceptors (Lipinski definition) is 5. The highest BCUT2D eigenvalue weighted by Crippen LogP contribution is 2.23. The normalized spacial score (nSPS) is 17.0. The Hall–Kier alpha value is -1.96. The van der Waals surface area contributed by atoms with Gasteiger partial charge in [-0.3, -0.25) is 9.69 Å². The standard InChI is InChI=1S/C19H24FN3O2S/c1-22-7-9-23(10-8-22)18(15-6-11-26-14-15)12-21-19(24)13-25-17-4-2-16(20)3-5-17/h2-6,11,14,18H,7-10,12-13H2,1H3,(H,21,24)/t18-/m0/s1. The average molecular weight is 377 g/mol. The third kappa shape index (κ3) is 5.27. The number of benzene rings is 1. The van der Waals surface area contributed by atoms with Crippen LogP contribution in [0.4, 0.5) is 4.39 Å². The number of piperazine rings is 1. The number of carbonyl (C=O) groups is 1. The third-order valence-electron chi connectivity index (χ3n) is 4.58. The van der Waals surface area contributed by atoms with E-state index >= 15 is 0 Å². The smallest absolute Gasteiger partial charge is 0.258 e. The fraction of sp³-hybridized carbons (Fsp3) is 0.421. The van der Waals surface area contributed by atoms with Gasteiger partial charge in [-0.1, -0.05) is 0 Å². The average Bonchev–Trinajstić information content (AvgIpc) is 3.17. The molecule has 2 heterocycles. The van der Waals surface area contributed by atoms with Gasteiger partial charge in [-0.25, -0.2) is 4.39 Å². The molecule has 0 bridgehead atoms. The van der Waals surface area contributed by atoms with Crippen LogP contribution in [0.3, 0.4) is 0 Å². The molecule has 0 spiro atoms. The van der Waals surface area contributed by atoms with Crippen LogP contribution in [-0.4, -0.2) is 62.1 Å². The fourth-order valence-electron chi connectivity index (χ4n) is 3.00. The summed E-state index contributed by atoms with van der Waals surface area (Å²) in [7, 11) is 2.13. The molecule has 1 aliphatic rings. The Balaban J connectivity index is 1.52. The van der Waals surface area contributed by atoms with E-state index in [2.05, 4.69) is 39.0 Å². The minimum absolute atomic E-state index is 0.0786. The fourth-order valence-corrected chi connectivity index (χ4v) is 3.70. The molecule has 7 heteroatoms. The molecule has 1 aliphatic heterocycles. The number of carbonyl (C=O) groups excluding carboxylic acids is 1.